The summed E-state index contributed by atoms with van der Waals surface area (Å²) in [5, 5.41) is 67.1. The van der Waals surface area contributed by atoms with Crippen molar-refractivity contribution < 1.29 is 47.1 Å². The van der Waals surface area contributed by atoms with E-state index in [0.29, 0.717) is 54.2 Å². The number of ether oxygens (including phenoxy) is 1. The van der Waals surface area contributed by atoms with Gasteiger partial charge in [0.05, 0.1) is 41.1 Å². The van der Waals surface area contributed by atoms with E-state index in [1.807, 2.05) is 65.7 Å². The average molecular weight is 935 g/mol. The zero-order valence-corrected chi connectivity index (χ0v) is 39.6. The normalized spacial score (nSPS) is 12.0. The van der Waals surface area contributed by atoms with Crippen LogP contribution in [0.4, 0.5) is 0 Å². The van der Waals surface area contributed by atoms with Crippen LogP contribution in [-0.2, 0) is 19.7 Å². The number of benzene rings is 4. The Kier molecular flexibility index (Phi) is 15.9. The summed E-state index contributed by atoms with van der Waals surface area (Å²) < 4.78 is 60.7. The molecule has 65 heavy (non-hydrogen) atoms. The summed E-state index contributed by atoms with van der Waals surface area (Å²) >= 11 is 0. The summed E-state index contributed by atoms with van der Waals surface area (Å²) in [4.78, 5) is 3.81. The van der Waals surface area contributed by atoms with Crippen molar-refractivity contribution in [2.45, 2.75) is 62.7 Å². The fraction of sp³-hybridized carbons (Fsp3) is 0.378. The zero-order valence-electron chi connectivity index (χ0n) is 38.0. The van der Waals surface area contributed by atoms with Gasteiger partial charge in [-0.3, -0.25) is 9.13 Å². The molecule has 0 radical (unpaired) electrons. The maximum atomic E-state index is 13.2. The van der Waals surface area contributed by atoms with E-state index in [0.717, 1.165) is 0 Å². The van der Waals surface area contributed by atoms with Crippen LogP contribution in [0.1, 0.15) is 63.5 Å². The van der Waals surface area contributed by atoms with Crippen molar-refractivity contribution in [3.05, 3.63) is 83.9 Å². The first kappa shape index (κ1) is 49.8. The molecule has 6 aromatic rings. The lowest BCUT2D eigenvalue weighted by atomic mass is 9.98. The first-order valence-electron chi connectivity index (χ1n) is 20.8. The summed E-state index contributed by atoms with van der Waals surface area (Å²) in [6.45, 7) is 8.80. The van der Waals surface area contributed by atoms with Gasteiger partial charge in [-0.1, -0.05) is 27.7 Å². The van der Waals surface area contributed by atoms with Gasteiger partial charge in [-0.2, -0.15) is 0 Å². The molecule has 0 aliphatic rings. The molecule has 2 heterocycles. The molecule has 0 unspecified atom stereocenters. The number of methoxy groups -OCH3 is 1. The lowest BCUT2D eigenvalue weighted by Gasteiger charge is -2.15. The zero-order chi connectivity index (χ0) is 48.0. The predicted molar refractivity (Wildman–Crippen MR) is 247 cm³/mol. The second kappa shape index (κ2) is 20.7. The molecule has 18 nitrogen and oxygen atoms in total. The van der Waals surface area contributed by atoms with E-state index >= 15 is 0 Å². The van der Waals surface area contributed by atoms with Gasteiger partial charge in [0.25, 0.3) is 10.3 Å². The number of aromatic nitrogens is 6. The van der Waals surface area contributed by atoms with E-state index in [2.05, 4.69) is 20.4 Å². The molecule has 0 fully saturated rings. The molecule has 0 aliphatic carbocycles. The van der Waals surface area contributed by atoms with Crippen LogP contribution in [0.5, 0.6) is 34.5 Å². The van der Waals surface area contributed by atoms with Crippen LogP contribution in [0.2, 0.25) is 0 Å². The molecule has 0 atom stereocenters. The number of aromatic hydroxyl groups is 5. The van der Waals surface area contributed by atoms with Gasteiger partial charge in [-0.25, -0.2) is 16.8 Å². The van der Waals surface area contributed by atoms with Crippen LogP contribution in [0, 0.1) is 0 Å². The summed E-state index contributed by atoms with van der Waals surface area (Å²) in [6, 6.07) is 18.4. The van der Waals surface area contributed by atoms with Crippen LogP contribution < -0.4 is 4.74 Å². The van der Waals surface area contributed by atoms with E-state index in [-0.39, 0.29) is 85.2 Å². The van der Waals surface area contributed by atoms with Crippen LogP contribution in [0.15, 0.2) is 83.1 Å². The van der Waals surface area contributed by atoms with Gasteiger partial charge in [0.1, 0.15) is 34.5 Å². The third-order valence-corrected chi connectivity index (χ3v) is 13.6. The fourth-order valence-corrected chi connectivity index (χ4v) is 9.54. The smallest absolute Gasteiger partial charge is 0.254 e. The van der Waals surface area contributed by atoms with Crippen LogP contribution in [-0.4, -0.2) is 142 Å². The highest BCUT2D eigenvalue weighted by Gasteiger charge is 2.30. The predicted octanol–water partition coefficient (Wildman–Crippen LogP) is 6.10. The van der Waals surface area contributed by atoms with Gasteiger partial charge in [0.2, 0.25) is 19.7 Å². The van der Waals surface area contributed by atoms with Gasteiger partial charge < -0.3 is 40.1 Å². The molecule has 20 heteroatoms. The molecular weight excluding hydrogens is 877 g/mol. The van der Waals surface area contributed by atoms with Crippen LogP contribution >= 0.6 is 0 Å². The van der Waals surface area contributed by atoms with Crippen molar-refractivity contribution in [1.29, 1.82) is 0 Å². The van der Waals surface area contributed by atoms with E-state index in [4.69, 9.17) is 4.74 Å². The maximum absolute atomic E-state index is 13.2. The lowest BCUT2D eigenvalue weighted by Crippen LogP contribution is -2.19. The summed E-state index contributed by atoms with van der Waals surface area (Å²) in [5.41, 5.74) is 2.60. The first-order valence-corrected chi connectivity index (χ1v) is 24.1. The van der Waals surface area contributed by atoms with Crippen molar-refractivity contribution in [3.8, 4) is 68.6 Å². The van der Waals surface area contributed by atoms with Crippen LogP contribution in [0.25, 0.3) is 34.2 Å². The Hall–Kier alpha value is -6.22. The Morgan fingerprint density at radius 3 is 1.26 bits per heavy atom. The average Bonchev–Trinajstić information content (AvgIpc) is 3.88. The third kappa shape index (κ3) is 11.7. The molecule has 4 aromatic carbocycles. The molecule has 0 saturated carbocycles. The summed E-state index contributed by atoms with van der Waals surface area (Å²) in [7, 11) is 1.44. The standard InChI is InChI=1S/C23H30N4O5S.C22H28N4O5S/c1-15(2)18-13-19(21(29)14-20(18)28)22-24-25-23(33(30,31)12-6-11-26(3)4)27(22)16-7-9-17(32-5)10-8-16;1-14(2)17-12-18(20(29)13-19(17)28)21-23-24-22(32(30,31)11-5-10-25(3)4)26(21)15-6-8-16(27)9-7-15/h7-10,13-15,28-29H,6,11-12H2,1-5H3;6-9,12-14,27-29H,5,10-11H2,1-4H3. The Morgan fingerprint density at radius 1 is 0.554 bits per heavy atom. The van der Waals surface area contributed by atoms with Gasteiger partial charge in [-0.15, -0.1) is 20.4 Å². The Labute approximate surface area is 379 Å². The van der Waals surface area contributed by atoms with E-state index < -0.39 is 19.7 Å². The van der Waals surface area contributed by atoms with Gasteiger partial charge in [-0.05, 0) is 138 Å². The Balaban J connectivity index is 0.000000244. The molecule has 0 aliphatic heterocycles. The Bertz CT molecular complexity index is 2800. The molecule has 350 valence electrons. The van der Waals surface area contributed by atoms with E-state index in [1.165, 1.54) is 33.4 Å². The molecule has 5 N–H and O–H groups in total. The van der Waals surface area contributed by atoms with Crippen molar-refractivity contribution in [1.82, 2.24) is 39.3 Å². The minimum Gasteiger partial charge on any atom is -0.508 e. The second-order valence-electron chi connectivity index (χ2n) is 16.6. The minimum absolute atomic E-state index is 0.0216. The number of sulfone groups is 2. The minimum atomic E-state index is -3.81. The second-order valence-corrected chi connectivity index (χ2v) is 20.6. The first-order chi connectivity index (χ1) is 30.6. The molecule has 0 amide bonds. The van der Waals surface area contributed by atoms with Crippen molar-refractivity contribution in [2.24, 2.45) is 0 Å². The van der Waals surface area contributed by atoms with E-state index in [1.54, 1.807) is 55.6 Å². The fourth-order valence-electron chi connectivity index (χ4n) is 6.89. The van der Waals surface area contributed by atoms with Crippen molar-refractivity contribution >= 4 is 19.7 Å². The molecule has 0 spiro atoms. The molecule has 6 rings (SSSR count). The highest BCUT2D eigenvalue weighted by Crippen LogP contribution is 2.40. The number of hydrogen-bond acceptors (Lipinski definition) is 16. The van der Waals surface area contributed by atoms with Crippen LogP contribution in [0.3, 0.4) is 0 Å². The van der Waals surface area contributed by atoms with Gasteiger partial charge >= 0.3 is 0 Å². The Morgan fingerprint density at radius 2 is 0.923 bits per heavy atom. The number of phenols is 5. The van der Waals surface area contributed by atoms with Gasteiger partial charge in [0.15, 0.2) is 11.6 Å². The lowest BCUT2D eigenvalue weighted by molar-refractivity contribution is 0.408. The number of rotatable bonds is 17. The largest absolute Gasteiger partial charge is 0.508 e. The monoisotopic (exact) mass is 934 g/mol. The topological polar surface area (TPSA) is 247 Å². The third-order valence-electron chi connectivity index (χ3n) is 10.3. The summed E-state index contributed by atoms with van der Waals surface area (Å²) in [5.74, 6) is 0.0138. The molecular formula is C45H58N8O10S2. The van der Waals surface area contributed by atoms with Crippen molar-refractivity contribution in [3.63, 3.8) is 0 Å². The SMILES string of the molecule is CC(C)c1cc(-c2nnc(S(=O)(=O)CCCN(C)C)n2-c2ccc(O)cc2)c(O)cc1O.COc1ccc(-n2c(-c3cc(C(C)C)c(O)cc3O)nnc2S(=O)(=O)CCCN(C)C)cc1. The quantitative estimate of drug-likeness (QED) is 0.0693. The molecule has 0 saturated heterocycles. The highest BCUT2D eigenvalue weighted by molar-refractivity contribution is 7.91. The maximum Gasteiger partial charge on any atom is 0.254 e. The van der Waals surface area contributed by atoms with E-state index in [9.17, 15) is 42.4 Å². The number of hydrogen-bond donors (Lipinski definition) is 5. The highest BCUT2D eigenvalue weighted by atomic mass is 32.2. The van der Waals surface area contributed by atoms with Crippen molar-refractivity contribution in [2.75, 3.05) is 59.9 Å². The summed E-state index contributed by atoms with van der Waals surface area (Å²) in [6.07, 6.45) is 0.844. The molecule has 2 aromatic heterocycles. The number of nitrogens with zero attached hydrogens (tertiary/aromatic N) is 8. The van der Waals surface area contributed by atoms with Gasteiger partial charge in [0, 0.05) is 12.1 Å². The molecule has 0 bridgehead atoms. The number of phenolic OH excluding ortho intramolecular Hbond substituents is 5.